The number of halogens is 1. The summed E-state index contributed by atoms with van der Waals surface area (Å²) in [7, 11) is -3.05. The highest BCUT2D eigenvalue weighted by atomic mass is 32.2. The molecule has 0 aromatic rings. The van der Waals surface area contributed by atoms with E-state index in [1.165, 1.54) is 18.4 Å². The van der Waals surface area contributed by atoms with Crippen molar-refractivity contribution in [1.29, 1.82) is 0 Å². The highest BCUT2D eigenvalue weighted by molar-refractivity contribution is 7.91. The molecule has 7 rings (SSSR count). The van der Waals surface area contributed by atoms with Gasteiger partial charge < -0.3 is 15.2 Å². The number of allylic oxidation sites excluding steroid dienone is 1. The number of esters is 1. The molecule has 0 aromatic heterocycles. The Balaban J connectivity index is 1.11. The second-order valence-electron chi connectivity index (χ2n) is 21.6. The number of ether oxygens (including phenoxy) is 1. The van der Waals surface area contributed by atoms with E-state index >= 15 is 4.39 Å². The zero-order valence-electron chi connectivity index (χ0n) is 34.8. The van der Waals surface area contributed by atoms with E-state index in [4.69, 9.17) is 4.74 Å². The van der Waals surface area contributed by atoms with Crippen molar-refractivity contribution < 1.29 is 32.2 Å². The van der Waals surface area contributed by atoms with Crippen molar-refractivity contribution in [2.45, 2.75) is 150 Å². The fourth-order valence-corrected chi connectivity index (χ4v) is 16.6. The van der Waals surface area contributed by atoms with Crippen molar-refractivity contribution in [1.82, 2.24) is 10.2 Å². The Morgan fingerprint density at radius 1 is 0.870 bits per heavy atom. The lowest BCUT2D eigenvalue weighted by atomic mass is 9.32. The van der Waals surface area contributed by atoms with Crippen LogP contribution in [-0.4, -0.2) is 85.4 Å². The number of carbonyl (C=O) groups is 2. The van der Waals surface area contributed by atoms with E-state index in [2.05, 4.69) is 58.3 Å². The Morgan fingerprint density at radius 3 is 2.13 bits per heavy atom. The van der Waals surface area contributed by atoms with Crippen LogP contribution in [-0.2, 0) is 24.2 Å². The molecule has 2 unspecified atom stereocenters. The summed E-state index contributed by atoms with van der Waals surface area (Å²) in [6, 6.07) is -0.344. The molecule has 54 heavy (non-hydrogen) atoms. The highest BCUT2D eigenvalue weighted by Crippen LogP contribution is 2.76. The van der Waals surface area contributed by atoms with E-state index in [1.54, 1.807) is 6.92 Å². The Morgan fingerprint density at radius 2 is 1.54 bits per heavy atom. The molecular formula is C44H71FN2O6S. The minimum atomic E-state index is -3.05. The molecule has 10 heteroatoms. The summed E-state index contributed by atoms with van der Waals surface area (Å²) in [6.45, 7) is 25.9. The molecule has 6 saturated carbocycles. The molecular weight excluding hydrogens is 704 g/mol. The summed E-state index contributed by atoms with van der Waals surface area (Å²) in [5, 5.41) is 13.8. The fraction of sp³-hybridized carbons (Fsp3) is 0.909. The normalized spacial score (nSPS) is 47.1. The highest BCUT2D eigenvalue weighted by Gasteiger charge is 2.72. The number of carbonyl (C=O) groups excluding carboxylic acids is 1. The Labute approximate surface area is 325 Å². The summed E-state index contributed by atoms with van der Waals surface area (Å²) < 4.78 is 46.1. The Kier molecular flexibility index (Phi) is 9.98. The minimum absolute atomic E-state index is 0.0766. The number of carboxylic acids is 1. The number of fused-ring (bicyclic) bond motifs is 7. The van der Waals surface area contributed by atoms with E-state index < -0.39 is 39.2 Å². The maximum Gasteiger partial charge on any atom is 0.310 e. The van der Waals surface area contributed by atoms with Crippen LogP contribution in [0.3, 0.4) is 0 Å². The van der Waals surface area contributed by atoms with Crippen LogP contribution in [0.5, 0.6) is 0 Å². The van der Waals surface area contributed by atoms with Crippen molar-refractivity contribution in [2.24, 2.45) is 68.5 Å². The van der Waals surface area contributed by atoms with Crippen molar-refractivity contribution in [2.75, 3.05) is 31.1 Å². The van der Waals surface area contributed by atoms with Gasteiger partial charge in [0.1, 0.15) is 12.3 Å². The van der Waals surface area contributed by atoms with Gasteiger partial charge in [0.2, 0.25) is 0 Å². The average Bonchev–Trinajstić information content (AvgIpc) is 3.45. The molecule has 8 nitrogen and oxygen atoms in total. The molecule has 2 N–H and O–H groups in total. The van der Waals surface area contributed by atoms with Gasteiger partial charge in [-0.05, 0) is 129 Å². The van der Waals surface area contributed by atoms with Gasteiger partial charge in [0.15, 0.2) is 9.84 Å². The van der Waals surface area contributed by atoms with E-state index in [0.717, 1.165) is 51.4 Å². The first kappa shape index (κ1) is 40.7. The topological polar surface area (TPSA) is 113 Å². The van der Waals surface area contributed by atoms with Crippen LogP contribution in [0.15, 0.2) is 12.2 Å². The molecule has 306 valence electrons. The van der Waals surface area contributed by atoms with E-state index in [9.17, 15) is 23.1 Å². The molecule has 1 aliphatic heterocycles. The first-order valence-electron chi connectivity index (χ1n) is 21.4. The van der Waals surface area contributed by atoms with E-state index in [0.29, 0.717) is 49.2 Å². The lowest BCUT2D eigenvalue weighted by Crippen LogP contribution is -2.69. The standard InChI is InChI=1S/C44H71FN2O6S/c1-26(2)28-13-18-44(46-25-30(27(3)45)47-21-23-54(51,52)24-22-47)20-19-42(9)29(34(28)44)11-12-32-41(8)16-15-33(39(4,5)31(41)14-17-43(32,42)10)53-38(50)36-35(37(48)49)40(36,6)7/h27-36,46H,1,11-25H2,2-10H3,(H,48,49)/t27?,28-,29+,30?,31-,32+,33-,34+,35-,36+,41-,42+,43+,44-/m0/s1. The second-order valence-corrected chi connectivity index (χ2v) is 23.9. The maximum absolute atomic E-state index is 15.3. The number of carboxylic acid groups (broad SMARTS) is 1. The van der Waals surface area contributed by atoms with Crippen LogP contribution in [0.1, 0.15) is 127 Å². The number of aliphatic carboxylic acids is 1. The number of sulfone groups is 1. The van der Waals surface area contributed by atoms with Crippen molar-refractivity contribution in [3.05, 3.63) is 12.2 Å². The van der Waals surface area contributed by atoms with Crippen LogP contribution in [0.2, 0.25) is 0 Å². The SMILES string of the molecule is C=C(C)[C@@H]1CC[C@]2(NCC(C(C)F)N3CCS(=O)(=O)CC3)CC[C@]3(C)[C@H](CC[C@@H]4[C@@]5(C)CC[C@H](OC(=O)[C@H]6[C@@H](C(=O)O)C6(C)C)C(C)(C)[C@@H]5CC[C@]43C)[C@@H]12. The number of alkyl halides is 1. The predicted octanol–water partition coefficient (Wildman–Crippen LogP) is 7.71. The maximum atomic E-state index is 15.3. The van der Waals surface area contributed by atoms with Crippen LogP contribution in [0.4, 0.5) is 4.39 Å². The van der Waals surface area contributed by atoms with Crippen LogP contribution in [0, 0.1) is 68.5 Å². The number of hydrogen-bond donors (Lipinski definition) is 2. The smallest absolute Gasteiger partial charge is 0.310 e. The number of nitrogens with zero attached hydrogens (tertiary/aromatic N) is 1. The van der Waals surface area contributed by atoms with Crippen LogP contribution in [0.25, 0.3) is 0 Å². The molecule has 0 aromatic carbocycles. The van der Waals surface area contributed by atoms with Gasteiger partial charge in [-0.25, -0.2) is 12.8 Å². The largest absolute Gasteiger partial charge is 0.481 e. The molecule has 0 amide bonds. The van der Waals surface area contributed by atoms with Gasteiger partial charge in [-0.2, -0.15) is 0 Å². The quantitative estimate of drug-likeness (QED) is 0.181. The van der Waals surface area contributed by atoms with Gasteiger partial charge in [0.05, 0.1) is 29.4 Å². The molecule has 1 heterocycles. The summed E-state index contributed by atoms with van der Waals surface area (Å²) in [5.41, 5.74) is 0.805. The monoisotopic (exact) mass is 775 g/mol. The van der Waals surface area contributed by atoms with Gasteiger partial charge in [-0.1, -0.05) is 60.6 Å². The molecule has 6 aliphatic carbocycles. The third-order valence-corrected chi connectivity index (χ3v) is 20.3. The molecule has 0 spiro atoms. The third-order valence-electron chi connectivity index (χ3n) is 18.7. The van der Waals surface area contributed by atoms with Crippen LogP contribution >= 0.6 is 0 Å². The van der Waals surface area contributed by atoms with Gasteiger partial charge in [0.25, 0.3) is 0 Å². The second kappa shape index (κ2) is 13.3. The van der Waals surface area contributed by atoms with Crippen molar-refractivity contribution in [3.63, 3.8) is 0 Å². The Bertz CT molecular complexity index is 1630. The predicted molar refractivity (Wildman–Crippen MR) is 210 cm³/mol. The van der Waals surface area contributed by atoms with Crippen LogP contribution < -0.4 is 5.32 Å². The van der Waals surface area contributed by atoms with Gasteiger partial charge >= 0.3 is 11.9 Å². The van der Waals surface area contributed by atoms with Gasteiger partial charge in [0, 0.05) is 30.6 Å². The lowest BCUT2D eigenvalue weighted by molar-refractivity contribution is -0.246. The summed E-state index contributed by atoms with van der Waals surface area (Å²) in [4.78, 5) is 27.4. The minimum Gasteiger partial charge on any atom is -0.481 e. The third kappa shape index (κ3) is 6.00. The average molecular weight is 775 g/mol. The van der Waals surface area contributed by atoms with E-state index in [1.807, 2.05) is 13.8 Å². The molecule has 7 fully saturated rings. The molecule has 0 radical (unpaired) electrons. The summed E-state index contributed by atoms with van der Waals surface area (Å²) in [6.07, 6.45) is 9.54. The number of rotatable bonds is 9. The Hall–Kier alpha value is -1.52. The van der Waals surface area contributed by atoms with Crippen molar-refractivity contribution >= 4 is 21.8 Å². The number of hydrogen-bond acceptors (Lipinski definition) is 7. The van der Waals surface area contributed by atoms with Crippen molar-refractivity contribution in [3.8, 4) is 0 Å². The summed E-state index contributed by atoms with van der Waals surface area (Å²) in [5.74, 6) is 0.0648. The molecule has 14 atom stereocenters. The lowest BCUT2D eigenvalue weighted by Gasteiger charge is -2.73. The van der Waals surface area contributed by atoms with Gasteiger partial charge in [-0.15, -0.1) is 0 Å². The van der Waals surface area contributed by atoms with Gasteiger partial charge in [-0.3, -0.25) is 14.5 Å². The zero-order valence-corrected chi connectivity index (χ0v) is 35.6. The summed E-state index contributed by atoms with van der Waals surface area (Å²) >= 11 is 0. The first-order valence-corrected chi connectivity index (χ1v) is 23.2. The molecule has 0 bridgehead atoms. The molecule has 1 saturated heterocycles. The number of nitrogens with one attached hydrogen (secondary N) is 1. The zero-order chi connectivity index (χ0) is 39.6. The van der Waals surface area contributed by atoms with E-state index in [-0.39, 0.29) is 56.8 Å². The first-order chi connectivity index (χ1) is 25.0. The fourth-order valence-electron chi connectivity index (χ4n) is 15.3. The molecule has 7 aliphatic rings.